The zero-order valence-electron chi connectivity index (χ0n) is 28.1. The maximum Gasteiger partial charge on any atom is 0.433 e. The van der Waals surface area contributed by atoms with Gasteiger partial charge in [0.25, 0.3) is 0 Å². The van der Waals surface area contributed by atoms with Crippen molar-refractivity contribution in [2.45, 2.75) is 129 Å². The van der Waals surface area contributed by atoms with Crippen molar-refractivity contribution >= 4 is 14.3 Å². The molecule has 11 heteroatoms. The highest BCUT2D eigenvalue weighted by Crippen LogP contribution is 2.61. The maximum atomic E-state index is 13.5. The van der Waals surface area contributed by atoms with Crippen LogP contribution >= 0.6 is 0 Å². The molecule has 45 heavy (non-hydrogen) atoms. The van der Waals surface area contributed by atoms with Gasteiger partial charge in [-0.15, -0.1) is 0 Å². The fraction of sp³-hybridized carbons (Fsp3) is 0.676. The van der Waals surface area contributed by atoms with Crippen LogP contribution in [0.5, 0.6) is 0 Å². The minimum absolute atomic E-state index is 0.0599. The van der Waals surface area contributed by atoms with Crippen LogP contribution in [-0.4, -0.2) is 37.5 Å². The zero-order valence-corrected chi connectivity index (χ0v) is 29.1. The highest BCUT2D eigenvalue weighted by Gasteiger charge is 2.56. The average Bonchev–Trinajstić information content (AvgIpc) is 3.23. The van der Waals surface area contributed by atoms with Gasteiger partial charge in [0.2, 0.25) is 0 Å². The quantitative estimate of drug-likeness (QED) is 0.237. The third-order valence-electron chi connectivity index (χ3n) is 10.1. The van der Waals surface area contributed by atoms with Crippen LogP contribution in [0.15, 0.2) is 18.3 Å². The van der Waals surface area contributed by atoms with Crippen LogP contribution in [0.2, 0.25) is 18.1 Å². The van der Waals surface area contributed by atoms with Gasteiger partial charge in [0.15, 0.2) is 8.32 Å². The third-order valence-corrected chi connectivity index (χ3v) is 14.6. The minimum atomic E-state index is -4.55. The Bertz CT molecular complexity index is 1440. The number of hydrogen-bond donors (Lipinski definition) is 0. The minimum Gasteiger partial charge on any atom is -0.455 e. The van der Waals surface area contributed by atoms with Crippen LogP contribution in [0.3, 0.4) is 0 Å². The van der Waals surface area contributed by atoms with Crippen LogP contribution in [0.25, 0.3) is 0 Å². The van der Waals surface area contributed by atoms with Crippen molar-refractivity contribution in [3.8, 4) is 0 Å². The molecule has 4 heterocycles. The van der Waals surface area contributed by atoms with Gasteiger partial charge in [0.1, 0.15) is 17.9 Å². The van der Waals surface area contributed by atoms with E-state index < -0.39 is 43.4 Å². The van der Waals surface area contributed by atoms with Gasteiger partial charge in [-0.25, -0.2) is 0 Å². The van der Waals surface area contributed by atoms with E-state index in [1.54, 1.807) is 0 Å². The Hall–Kier alpha value is -2.34. The second-order valence-electron chi connectivity index (χ2n) is 15.4. The summed E-state index contributed by atoms with van der Waals surface area (Å²) >= 11 is 0. The molecule has 1 fully saturated rings. The predicted molar refractivity (Wildman–Crippen MR) is 166 cm³/mol. The van der Waals surface area contributed by atoms with Crippen molar-refractivity contribution in [3.05, 3.63) is 57.7 Å². The summed E-state index contributed by atoms with van der Waals surface area (Å²) in [5.41, 5.74) is 2.51. The number of carbonyl (C=O) groups is 1. The largest absolute Gasteiger partial charge is 0.455 e. The van der Waals surface area contributed by atoms with E-state index in [9.17, 15) is 18.0 Å². The smallest absolute Gasteiger partial charge is 0.433 e. The van der Waals surface area contributed by atoms with Crippen molar-refractivity contribution in [2.24, 2.45) is 5.41 Å². The Morgan fingerprint density at radius 1 is 1.09 bits per heavy atom. The number of ether oxygens (including phenoxy) is 3. The molecule has 5 rings (SSSR count). The Kier molecular flexibility index (Phi) is 8.63. The number of fused-ring (bicyclic) bond motifs is 4. The number of carbonyl (C=O) groups excluding carboxylic acids is 1. The van der Waals surface area contributed by atoms with Crippen LogP contribution in [0, 0.1) is 5.41 Å². The molecule has 1 aliphatic carbocycles. The Balaban J connectivity index is 1.83. The molecule has 1 saturated heterocycles. The molecule has 3 aliphatic rings. The van der Waals surface area contributed by atoms with Gasteiger partial charge >= 0.3 is 12.1 Å². The molecule has 2 aromatic rings. The Morgan fingerprint density at radius 3 is 2.24 bits per heavy atom. The number of aromatic nitrogens is 2. The number of nitrogens with zero attached hydrogens (tertiary/aromatic N) is 2. The van der Waals surface area contributed by atoms with E-state index in [1.165, 1.54) is 19.2 Å². The van der Waals surface area contributed by atoms with E-state index >= 15 is 0 Å². The molecule has 1 spiro atoms. The number of alkyl halides is 3. The summed E-state index contributed by atoms with van der Waals surface area (Å²) in [5, 5.41) is -0.0696. The highest BCUT2D eigenvalue weighted by atomic mass is 28.4. The molecular formula is C34H47F3N2O5Si. The van der Waals surface area contributed by atoms with Gasteiger partial charge in [-0.2, -0.15) is 13.2 Å². The van der Waals surface area contributed by atoms with Gasteiger partial charge in [-0.05, 0) is 42.1 Å². The zero-order chi connectivity index (χ0) is 33.3. The molecule has 3 atom stereocenters. The molecule has 2 aromatic heterocycles. The van der Waals surface area contributed by atoms with Gasteiger partial charge < -0.3 is 18.6 Å². The molecule has 2 aliphatic heterocycles. The molecule has 248 valence electrons. The molecule has 0 amide bonds. The van der Waals surface area contributed by atoms with E-state index in [2.05, 4.69) is 52.7 Å². The first-order valence-electron chi connectivity index (χ1n) is 15.9. The Labute approximate surface area is 265 Å². The molecule has 0 N–H and O–H groups in total. The van der Waals surface area contributed by atoms with Crippen molar-refractivity contribution in [2.75, 3.05) is 13.2 Å². The normalized spacial score (nSPS) is 24.4. The van der Waals surface area contributed by atoms with E-state index in [1.807, 2.05) is 13.8 Å². The molecule has 0 bridgehead atoms. The first-order valence-corrected chi connectivity index (χ1v) is 18.8. The predicted octanol–water partition coefficient (Wildman–Crippen LogP) is 8.84. The summed E-state index contributed by atoms with van der Waals surface area (Å²) in [6.45, 7) is 21.7. The monoisotopic (exact) mass is 648 g/mol. The lowest BCUT2D eigenvalue weighted by atomic mass is 9.68. The number of esters is 1. The van der Waals surface area contributed by atoms with Crippen molar-refractivity contribution in [1.29, 1.82) is 0 Å². The van der Waals surface area contributed by atoms with Crippen molar-refractivity contribution < 1.29 is 36.6 Å². The summed E-state index contributed by atoms with van der Waals surface area (Å²) in [6.07, 6.45) is -3.20. The van der Waals surface area contributed by atoms with Crippen LogP contribution in [0.4, 0.5) is 13.2 Å². The summed E-state index contributed by atoms with van der Waals surface area (Å²) in [6, 6.07) is 2.47. The number of halogens is 3. The third kappa shape index (κ3) is 6.10. The van der Waals surface area contributed by atoms with Gasteiger partial charge in [0, 0.05) is 67.0 Å². The second kappa shape index (κ2) is 11.4. The Morgan fingerprint density at radius 2 is 1.73 bits per heavy atom. The summed E-state index contributed by atoms with van der Waals surface area (Å²) in [7, 11) is -2.33. The molecule has 0 radical (unpaired) electrons. The summed E-state index contributed by atoms with van der Waals surface area (Å²) < 4.78 is 66.6. The topological polar surface area (TPSA) is 79.8 Å². The summed E-state index contributed by atoms with van der Waals surface area (Å²) in [5.74, 6) is -0.447. The fourth-order valence-corrected chi connectivity index (χ4v) is 8.09. The van der Waals surface area contributed by atoms with Crippen LogP contribution < -0.4 is 0 Å². The lowest BCUT2D eigenvalue weighted by Crippen LogP contribution is -2.46. The lowest BCUT2D eigenvalue weighted by Gasteiger charge is -2.48. The lowest BCUT2D eigenvalue weighted by molar-refractivity contribution is -0.156. The van der Waals surface area contributed by atoms with Gasteiger partial charge in [0.05, 0.1) is 17.4 Å². The van der Waals surface area contributed by atoms with Gasteiger partial charge in [-0.3, -0.25) is 14.8 Å². The standard InChI is InChI=1S/C34H47F3N2O5Si/c1-19(2)27-25-26(33(13-15-41-16-14-33)43-29(25)21-11-12-23(38-18-21)34(35,36)37)24-22(44-45(9,10)31(4,5)6)17-32(7,8)30(28(24)39-27)42-20(3)40/h11-12,18-19,22,29-30H,13-17H2,1-10H3/t22-,29-,30-/m0/s1. The van der Waals surface area contributed by atoms with E-state index in [4.69, 9.17) is 23.6 Å². The molecule has 0 aromatic carbocycles. The van der Waals surface area contributed by atoms with Crippen LogP contribution in [0.1, 0.15) is 138 Å². The summed E-state index contributed by atoms with van der Waals surface area (Å²) in [4.78, 5) is 21.6. The van der Waals surface area contributed by atoms with E-state index in [-0.39, 0.29) is 23.0 Å². The van der Waals surface area contributed by atoms with Crippen LogP contribution in [-0.2, 0) is 35.2 Å². The number of rotatable bonds is 5. The molecule has 7 nitrogen and oxygen atoms in total. The van der Waals surface area contributed by atoms with E-state index in [0.717, 1.165) is 28.5 Å². The highest BCUT2D eigenvalue weighted by molar-refractivity contribution is 6.74. The molecule has 0 unspecified atom stereocenters. The van der Waals surface area contributed by atoms with E-state index in [0.29, 0.717) is 43.7 Å². The van der Waals surface area contributed by atoms with Gasteiger partial charge in [-0.1, -0.05) is 54.5 Å². The maximum absolute atomic E-state index is 13.5. The van der Waals surface area contributed by atoms with Crippen molar-refractivity contribution in [1.82, 2.24) is 9.97 Å². The first kappa shape index (κ1) is 34.0. The first-order chi connectivity index (χ1) is 20.7. The molecule has 0 saturated carbocycles. The SMILES string of the molecule is CC(=O)O[C@H]1c2nc(C(C)C)c3c(c2[C@@H](O[Si](C)(C)C(C)(C)C)CC1(C)C)C1(CCOCC1)O[C@H]3c1ccc(C(F)(F)F)nc1. The molecular weight excluding hydrogens is 601 g/mol. The fourth-order valence-electron chi connectivity index (χ4n) is 6.82. The average molecular weight is 649 g/mol. The number of hydrogen-bond acceptors (Lipinski definition) is 7. The number of pyridine rings is 2. The second-order valence-corrected chi connectivity index (χ2v) is 20.1. The van der Waals surface area contributed by atoms with Crippen molar-refractivity contribution in [3.63, 3.8) is 0 Å².